The van der Waals surface area contributed by atoms with Crippen LogP contribution in [0.2, 0.25) is 0 Å². The Morgan fingerprint density at radius 2 is 1.86 bits per heavy atom. The van der Waals surface area contributed by atoms with E-state index in [0.29, 0.717) is 22.6 Å². The zero-order chi connectivity index (χ0) is 26.1. The lowest BCUT2D eigenvalue weighted by molar-refractivity contribution is -0.137. The number of fused-ring (bicyclic) bond motifs is 1. The summed E-state index contributed by atoms with van der Waals surface area (Å²) in [6, 6.07) is 12.9. The molecule has 0 saturated heterocycles. The van der Waals surface area contributed by atoms with Crippen LogP contribution in [0.1, 0.15) is 24.5 Å². The van der Waals surface area contributed by atoms with E-state index < -0.39 is 33.6 Å². The Bertz CT molecular complexity index is 1500. The Labute approximate surface area is 204 Å². The number of aryl methyl sites for hydroxylation is 1. The molecule has 0 aliphatic heterocycles. The van der Waals surface area contributed by atoms with Crippen molar-refractivity contribution in [1.82, 2.24) is 9.71 Å². The van der Waals surface area contributed by atoms with Crippen molar-refractivity contribution in [1.29, 1.82) is 0 Å². The molecule has 4 aromatic rings. The molecule has 4 rings (SSSR count). The number of ketones is 1. The highest BCUT2D eigenvalue weighted by atomic mass is 32.2. The summed E-state index contributed by atoms with van der Waals surface area (Å²) in [5.74, 6) is -0.940. The molecule has 36 heavy (non-hydrogen) atoms. The summed E-state index contributed by atoms with van der Waals surface area (Å²) >= 11 is 0. The monoisotopic (exact) mass is 518 g/mol. The number of carbonyl (C=O) groups is 1. The lowest BCUT2D eigenvalue weighted by atomic mass is 10.0. The maximum Gasteiger partial charge on any atom is 0.416 e. The fraction of sp³-hybridized carbons (Fsp3) is 0.200. The molecule has 2 aromatic carbocycles. The minimum Gasteiger partial charge on any atom is -0.507 e. The molecule has 0 aliphatic rings. The predicted octanol–water partition coefficient (Wildman–Crippen LogP) is 5.09. The van der Waals surface area contributed by atoms with Crippen molar-refractivity contribution in [2.75, 3.05) is 0 Å². The maximum atomic E-state index is 12.8. The van der Waals surface area contributed by atoms with Gasteiger partial charge in [0.05, 0.1) is 17.3 Å². The summed E-state index contributed by atoms with van der Waals surface area (Å²) in [6.45, 7) is 1.43. The fourth-order valence-electron chi connectivity index (χ4n) is 3.63. The molecule has 2 N–H and O–H groups in total. The van der Waals surface area contributed by atoms with E-state index in [9.17, 15) is 31.5 Å². The number of carbonyl (C=O) groups excluding carboxylic acids is 1. The van der Waals surface area contributed by atoms with Gasteiger partial charge in [0.1, 0.15) is 11.3 Å². The Kier molecular flexibility index (Phi) is 6.87. The van der Waals surface area contributed by atoms with Crippen LogP contribution in [-0.2, 0) is 27.4 Å². The number of nitrogens with zero attached hydrogens (tertiary/aromatic N) is 1. The topological polar surface area (TPSA) is 110 Å². The Morgan fingerprint density at radius 3 is 2.56 bits per heavy atom. The minimum atomic E-state index is -4.59. The van der Waals surface area contributed by atoms with Crippen LogP contribution in [0, 0.1) is 0 Å². The van der Waals surface area contributed by atoms with Gasteiger partial charge < -0.3 is 9.52 Å². The number of halogens is 3. The number of alkyl halides is 3. The molecule has 0 bridgehead atoms. The van der Waals surface area contributed by atoms with Crippen molar-refractivity contribution in [3.05, 3.63) is 78.0 Å². The molecular weight excluding hydrogens is 497 g/mol. The van der Waals surface area contributed by atoms with E-state index in [1.54, 1.807) is 36.4 Å². The average molecular weight is 519 g/mol. The highest BCUT2D eigenvalue weighted by molar-refractivity contribution is 7.89. The van der Waals surface area contributed by atoms with E-state index in [4.69, 9.17) is 4.42 Å². The summed E-state index contributed by atoms with van der Waals surface area (Å²) in [6.07, 6.45) is -2.95. The first-order valence-corrected chi connectivity index (χ1v) is 12.3. The first-order chi connectivity index (χ1) is 16.9. The summed E-state index contributed by atoms with van der Waals surface area (Å²) in [4.78, 5) is 16.7. The normalized spacial score (nSPS) is 13.1. The summed E-state index contributed by atoms with van der Waals surface area (Å²) in [7, 11) is -4.07. The second-order valence-electron chi connectivity index (χ2n) is 8.19. The first kappa shape index (κ1) is 25.4. The van der Waals surface area contributed by atoms with Crippen LogP contribution in [0.4, 0.5) is 13.2 Å². The first-order valence-electron chi connectivity index (χ1n) is 10.8. The Hall–Kier alpha value is -3.70. The van der Waals surface area contributed by atoms with Gasteiger partial charge in [-0.3, -0.25) is 9.78 Å². The number of rotatable bonds is 8. The van der Waals surface area contributed by atoms with Crippen molar-refractivity contribution < 1.29 is 35.9 Å². The van der Waals surface area contributed by atoms with Crippen LogP contribution < -0.4 is 4.72 Å². The molecule has 2 aromatic heterocycles. The van der Waals surface area contributed by atoms with Gasteiger partial charge in [-0.2, -0.15) is 17.9 Å². The number of sulfonamides is 1. The smallest absolute Gasteiger partial charge is 0.416 e. The molecule has 1 atom stereocenters. The van der Waals surface area contributed by atoms with Crippen LogP contribution in [0.15, 0.2) is 76.4 Å². The van der Waals surface area contributed by atoms with Gasteiger partial charge in [-0.15, -0.1) is 0 Å². The van der Waals surface area contributed by atoms with Crippen LogP contribution in [0.5, 0.6) is 5.75 Å². The summed E-state index contributed by atoms with van der Waals surface area (Å²) < 4.78 is 71.6. The highest BCUT2D eigenvalue weighted by Gasteiger charge is 2.31. The number of aromatic nitrogens is 1. The molecule has 0 fully saturated rings. The lowest BCUT2D eigenvalue weighted by Gasteiger charge is -2.13. The number of furan rings is 1. The molecule has 11 heteroatoms. The third-order valence-electron chi connectivity index (χ3n) is 5.57. The molecule has 0 saturated carbocycles. The van der Waals surface area contributed by atoms with Gasteiger partial charge in [0, 0.05) is 29.6 Å². The van der Waals surface area contributed by atoms with E-state index in [-0.39, 0.29) is 35.0 Å². The van der Waals surface area contributed by atoms with Crippen molar-refractivity contribution in [2.45, 2.75) is 37.1 Å². The molecule has 2 heterocycles. The van der Waals surface area contributed by atoms with Crippen molar-refractivity contribution in [3.8, 4) is 17.0 Å². The maximum absolute atomic E-state index is 12.8. The number of Topliss-reactive ketones (excluding diaryl/α,β-unsaturated/α-hetero) is 1. The second kappa shape index (κ2) is 9.75. The third kappa shape index (κ3) is 5.58. The number of nitrogens with one attached hydrogen (secondary N) is 1. The molecule has 0 radical (unpaired) electrons. The van der Waals surface area contributed by atoms with Crippen LogP contribution in [0.25, 0.3) is 22.2 Å². The van der Waals surface area contributed by atoms with E-state index in [0.717, 1.165) is 12.1 Å². The molecule has 0 aliphatic carbocycles. The number of aromatic hydroxyl groups is 1. The Balaban J connectivity index is 1.41. The van der Waals surface area contributed by atoms with Gasteiger partial charge in [-0.05, 0) is 55.3 Å². The van der Waals surface area contributed by atoms with Gasteiger partial charge in [0.2, 0.25) is 5.09 Å². The third-order valence-corrected chi connectivity index (χ3v) is 6.96. The lowest BCUT2D eigenvalue weighted by Crippen LogP contribution is -2.38. The molecular formula is C25H21F3N2O5S. The molecule has 0 amide bonds. The molecule has 188 valence electrons. The highest BCUT2D eigenvalue weighted by Crippen LogP contribution is 2.36. The van der Waals surface area contributed by atoms with Crippen LogP contribution in [0.3, 0.4) is 0 Å². The molecule has 7 nitrogen and oxygen atoms in total. The van der Waals surface area contributed by atoms with Gasteiger partial charge in [0.25, 0.3) is 10.0 Å². The number of para-hydroxylation sites is 1. The number of hydrogen-bond acceptors (Lipinski definition) is 6. The number of pyridine rings is 1. The van der Waals surface area contributed by atoms with Crippen molar-refractivity contribution in [3.63, 3.8) is 0 Å². The van der Waals surface area contributed by atoms with Gasteiger partial charge in [-0.1, -0.05) is 18.2 Å². The van der Waals surface area contributed by atoms with E-state index in [2.05, 4.69) is 9.71 Å². The number of phenolic OH excluding ortho intramolecular Hbond substituents is 1. The van der Waals surface area contributed by atoms with Crippen LogP contribution in [-0.4, -0.2) is 30.3 Å². The molecule has 0 spiro atoms. The zero-order valence-corrected chi connectivity index (χ0v) is 19.7. The van der Waals surface area contributed by atoms with E-state index >= 15 is 0 Å². The Morgan fingerprint density at radius 1 is 1.11 bits per heavy atom. The zero-order valence-electron chi connectivity index (χ0n) is 18.9. The van der Waals surface area contributed by atoms with Gasteiger partial charge in [0.15, 0.2) is 5.78 Å². The number of hydrogen-bond donors (Lipinski definition) is 2. The second-order valence-corrected chi connectivity index (χ2v) is 9.84. The summed E-state index contributed by atoms with van der Waals surface area (Å²) in [5.41, 5.74) is 0.418. The molecule has 0 unspecified atom stereocenters. The van der Waals surface area contributed by atoms with Crippen molar-refractivity contribution in [2.24, 2.45) is 0 Å². The van der Waals surface area contributed by atoms with Gasteiger partial charge in [-0.25, -0.2) is 8.42 Å². The minimum absolute atomic E-state index is 0.00767. The fourth-order valence-corrected chi connectivity index (χ4v) is 4.83. The average Bonchev–Trinajstić information content (AvgIpc) is 3.27. The quantitative estimate of drug-likeness (QED) is 0.336. The largest absolute Gasteiger partial charge is 0.507 e. The van der Waals surface area contributed by atoms with E-state index in [1.165, 1.54) is 19.2 Å². The van der Waals surface area contributed by atoms with Crippen molar-refractivity contribution >= 4 is 26.8 Å². The van der Waals surface area contributed by atoms with Gasteiger partial charge >= 0.3 is 6.18 Å². The van der Waals surface area contributed by atoms with E-state index in [1.807, 2.05) is 0 Å². The van der Waals surface area contributed by atoms with Crippen LogP contribution >= 0.6 is 0 Å². The number of benzene rings is 2. The standard InChI is InChI=1S/C25H21F3N2O5S/c1-15(30-36(33,34)24-13-17-4-2-3-5-23(17)35-24)21(31)9-6-16-10-11-29-20(12-16)19-8-7-18(14-22(19)32)25(26,27)28/h2-5,7-8,10-15,30,32H,6,9H2,1H3/t15-/m0/s1. The predicted molar refractivity (Wildman–Crippen MR) is 126 cm³/mol. The number of phenols is 1. The SMILES string of the molecule is C[C@H](NS(=O)(=O)c1cc2ccccc2o1)C(=O)CCc1ccnc(-c2ccc(C(F)(F)F)cc2O)c1. The summed E-state index contributed by atoms with van der Waals surface area (Å²) in [5, 5.41) is 10.4.